The normalized spacial score (nSPS) is 10.7. The number of fused-ring (bicyclic) bond motifs is 1. The maximum atomic E-state index is 12.8. The molecule has 1 aromatic heterocycles. The number of amides is 1. The molecule has 4 rings (SSSR count). The standard InChI is InChI=1S/C23H15ClN2O3/c24-17-7-8-21(20(12-17)23(28)29)26-22(27)15-4-1-3-14(11-15)18-6-2-5-16-13-25-10-9-19(16)18/h1-13H,(H,26,27)(H,28,29). The summed E-state index contributed by atoms with van der Waals surface area (Å²) in [6, 6.07) is 19.3. The third-order valence-electron chi connectivity index (χ3n) is 4.58. The number of rotatable bonds is 4. The summed E-state index contributed by atoms with van der Waals surface area (Å²) in [5, 5.41) is 14.3. The number of carbonyl (C=O) groups is 2. The molecule has 1 amide bonds. The molecule has 0 spiro atoms. The molecule has 3 aromatic carbocycles. The number of pyridine rings is 1. The number of carboxylic acid groups (broad SMARTS) is 1. The highest BCUT2D eigenvalue weighted by Gasteiger charge is 2.15. The molecule has 2 N–H and O–H groups in total. The van der Waals surface area contributed by atoms with Gasteiger partial charge in [0.05, 0.1) is 11.3 Å². The van der Waals surface area contributed by atoms with Crippen molar-refractivity contribution < 1.29 is 14.7 Å². The van der Waals surface area contributed by atoms with Crippen LogP contribution in [0.25, 0.3) is 21.9 Å². The van der Waals surface area contributed by atoms with Gasteiger partial charge >= 0.3 is 5.97 Å². The number of carboxylic acids is 1. The number of anilines is 1. The number of halogens is 1. The third kappa shape index (κ3) is 3.81. The van der Waals surface area contributed by atoms with Crippen molar-refractivity contribution in [1.82, 2.24) is 4.98 Å². The van der Waals surface area contributed by atoms with Gasteiger partial charge in [-0.15, -0.1) is 0 Å². The molecular formula is C23H15ClN2O3. The molecule has 1 heterocycles. The predicted octanol–water partition coefficient (Wildman–Crippen LogP) is 5.51. The van der Waals surface area contributed by atoms with Crippen molar-refractivity contribution in [3.8, 4) is 11.1 Å². The molecule has 29 heavy (non-hydrogen) atoms. The van der Waals surface area contributed by atoms with E-state index in [1.165, 1.54) is 18.2 Å². The largest absolute Gasteiger partial charge is 0.478 e. The monoisotopic (exact) mass is 402 g/mol. The first-order valence-corrected chi connectivity index (χ1v) is 9.18. The van der Waals surface area contributed by atoms with Crippen molar-refractivity contribution in [2.75, 3.05) is 5.32 Å². The van der Waals surface area contributed by atoms with Gasteiger partial charge in [0.25, 0.3) is 5.91 Å². The van der Waals surface area contributed by atoms with Gasteiger partial charge < -0.3 is 10.4 Å². The van der Waals surface area contributed by atoms with Crippen molar-refractivity contribution in [2.24, 2.45) is 0 Å². The molecule has 0 aliphatic rings. The number of carbonyl (C=O) groups excluding carboxylic acids is 1. The van der Waals surface area contributed by atoms with Crippen LogP contribution < -0.4 is 5.32 Å². The Labute approximate surface area is 171 Å². The molecule has 0 saturated heterocycles. The van der Waals surface area contributed by atoms with Crippen molar-refractivity contribution in [3.63, 3.8) is 0 Å². The van der Waals surface area contributed by atoms with Gasteiger partial charge in [-0.2, -0.15) is 0 Å². The van der Waals surface area contributed by atoms with Crippen LogP contribution in [0.15, 0.2) is 79.1 Å². The highest BCUT2D eigenvalue weighted by molar-refractivity contribution is 6.31. The minimum atomic E-state index is -1.17. The van der Waals surface area contributed by atoms with Gasteiger partial charge in [-0.25, -0.2) is 4.79 Å². The van der Waals surface area contributed by atoms with Crippen LogP contribution in [0.1, 0.15) is 20.7 Å². The first-order valence-electron chi connectivity index (χ1n) is 8.80. The molecule has 0 fully saturated rings. The summed E-state index contributed by atoms with van der Waals surface area (Å²) in [7, 11) is 0. The molecule has 0 unspecified atom stereocenters. The summed E-state index contributed by atoms with van der Waals surface area (Å²) in [5.41, 5.74) is 2.40. The van der Waals surface area contributed by atoms with Crippen LogP contribution in [0.4, 0.5) is 5.69 Å². The summed E-state index contributed by atoms with van der Waals surface area (Å²) >= 11 is 5.87. The summed E-state index contributed by atoms with van der Waals surface area (Å²) < 4.78 is 0. The van der Waals surface area contributed by atoms with Crippen LogP contribution in [0, 0.1) is 0 Å². The van der Waals surface area contributed by atoms with E-state index < -0.39 is 11.9 Å². The van der Waals surface area contributed by atoms with E-state index >= 15 is 0 Å². The lowest BCUT2D eigenvalue weighted by atomic mass is 9.98. The summed E-state index contributed by atoms with van der Waals surface area (Å²) in [6.45, 7) is 0. The molecule has 0 bridgehead atoms. The molecule has 6 heteroatoms. The lowest BCUT2D eigenvalue weighted by molar-refractivity contribution is 0.0698. The van der Waals surface area contributed by atoms with Crippen LogP contribution in [-0.4, -0.2) is 22.0 Å². The van der Waals surface area contributed by atoms with Crippen LogP contribution in [0.2, 0.25) is 5.02 Å². The maximum Gasteiger partial charge on any atom is 0.337 e. The van der Waals surface area contributed by atoms with E-state index in [2.05, 4.69) is 10.3 Å². The van der Waals surface area contributed by atoms with E-state index in [1.807, 2.05) is 30.3 Å². The molecule has 4 aromatic rings. The molecule has 0 radical (unpaired) electrons. The van der Waals surface area contributed by atoms with E-state index in [1.54, 1.807) is 30.6 Å². The zero-order valence-corrected chi connectivity index (χ0v) is 15.9. The van der Waals surface area contributed by atoms with E-state index in [0.29, 0.717) is 5.56 Å². The van der Waals surface area contributed by atoms with Gasteiger partial charge in [-0.1, -0.05) is 41.9 Å². The lowest BCUT2D eigenvalue weighted by Crippen LogP contribution is -2.14. The van der Waals surface area contributed by atoms with Crippen molar-refractivity contribution in [3.05, 3.63) is 95.3 Å². The average molecular weight is 403 g/mol. The molecule has 0 atom stereocenters. The number of aromatic carboxylic acids is 1. The Hall–Kier alpha value is -3.70. The van der Waals surface area contributed by atoms with Crippen molar-refractivity contribution in [1.29, 1.82) is 0 Å². The topological polar surface area (TPSA) is 79.3 Å². The number of benzene rings is 3. The van der Waals surface area contributed by atoms with Crippen LogP contribution >= 0.6 is 11.6 Å². The van der Waals surface area contributed by atoms with E-state index in [9.17, 15) is 14.7 Å². The highest BCUT2D eigenvalue weighted by Crippen LogP contribution is 2.29. The number of aromatic nitrogens is 1. The van der Waals surface area contributed by atoms with Gasteiger partial charge in [0.1, 0.15) is 0 Å². The summed E-state index contributed by atoms with van der Waals surface area (Å²) in [5.74, 6) is -1.57. The Morgan fingerprint density at radius 1 is 0.966 bits per heavy atom. The Balaban J connectivity index is 1.69. The van der Waals surface area contributed by atoms with Gasteiger partial charge in [-0.05, 0) is 52.9 Å². The number of hydrogen-bond acceptors (Lipinski definition) is 3. The number of nitrogens with zero attached hydrogens (tertiary/aromatic N) is 1. The second-order valence-corrected chi connectivity index (χ2v) is 6.87. The van der Waals surface area contributed by atoms with E-state index in [0.717, 1.165) is 21.9 Å². The summed E-state index contributed by atoms with van der Waals surface area (Å²) in [6.07, 6.45) is 3.53. The zero-order valence-electron chi connectivity index (χ0n) is 15.1. The van der Waals surface area contributed by atoms with Gasteiger partial charge in [0, 0.05) is 28.4 Å². The van der Waals surface area contributed by atoms with Gasteiger partial charge in [0.2, 0.25) is 0 Å². The molecule has 5 nitrogen and oxygen atoms in total. The van der Waals surface area contributed by atoms with Crippen LogP contribution in [-0.2, 0) is 0 Å². The first kappa shape index (κ1) is 18.7. The smallest absolute Gasteiger partial charge is 0.337 e. The number of nitrogens with one attached hydrogen (secondary N) is 1. The minimum absolute atomic E-state index is 0.0662. The summed E-state index contributed by atoms with van der Waals surface area (Å²) in [4.78, 5) is 28.4. The Morgan fingerprint density at radius 2 is 1.79 bits per heavy atom. The fourth-order valence-electron chi connectivity index (χ4n) is 3.20. The second-order valence-electron chi connectivity index (χ2n) is 6.43. The van der Waals surface area contributed by atoms with E-state index in [4.69, 9.17) is 11.6 Å². The van der Waals surface area contributed by atoms with Crippen molar-refractivity contribution in [2.45, 2.75) is 0 Å². The molecular weight excluding hydrogens is 388 g/mol. The van der Waals surface area contributed by atoms with Gasteiger partial charge in [-0.3, -0.25) is 9.78 Å². The third-order valence-corrected chi connectivity index (χ3v) is 4.81. The van der Waals surface area contributed by atoms with E-state index in [-0.39, 0.29) is 16.3 Å². The van der Waals surface area contributed by atoms with Crippen molar-refractivity contribution >= 4 is 39.9 Å². The molecule has 0 saturated carbocycles. The van der Waals surface area contributed by atoms with Crippen LogP contribution in [0.3, 0.4) is 0 Å². The lowest BCUT2D eigenvalue weighted by Gasteiger charge is -2.11. The quantitative estimate of drug-likeness (QED) is 0.472. The number of hydrogen-bond donors (Lipinski definition) is 2. The SMILES string of the molecule is O=C(Nc1ccc(Cl)cc1C(=O)O)c1cccc(-c2cccc3cnccc23)c1. The highest BCUT2D eigenvalue weighted by atomic mass is 35.5. The van der Waals surface area contributed by atoms with Crippen LogP contribution in [0.5, 0.6) is 0 Å². The fourth-order valence-corrected chi connectivity index (χ4v) is 3.37. The molecule has 0 aliphatic carbocycles. The second kappa shape index (κ2) is 7.73. The Kier molecular flexibility index (Phi) is 4.97. The first-order chi connectivity index (χ1) is 14.0. The average Bonchev–Trinajstić information content (AvgIpc) is 2.74. The molecule has 142 valence electrons. The predicted molar refractivity (Wildman–Crippen MR) is 114 cm³/mol. The Bertz CT molecular complexity index is 1250. The minimum Gasteiger partial charge on any atom is -0.478 e. The zero-order chi connectivity index (χ0) is 20.4. The maximum absolute atomic E-state index is 12.8. The fraction of sp³-hybridized carbons (Fsp3) is 0. The van der Waals surface area contributed by atoms with Gasteiger partial charge in [0.15, 0.2) is 0 Å². The Morgan fingerprint density at radius 3 is 2.62 bits per heavy atom. The molecule has 0 aliphatic heterocycles.